The SMILES string of the molecule is CCCNCC1(CN(CCC)CC(F)(F)F)CCOCC1. The first-order chi connectivity index (χ1) is 9.91. The average Bonchev–Trinajstić information content (AvgIpc) is 2.38. The molecule has 21 heavy (non-hydrogen) atoms. The molecule has 1 fully saturated rings. The second-order valence-electron chi connectivity index (χ2n) is 6.11. The molecule has 1 heterocycles. The van der Waals surface area contributed by atoms with Crippen LogP contribution in [-0.4, -0.2) is 57.0 Å². The molecule has 0 radical (unpaired) electrons. The van der Waals surface area contributed by atoms with Crippen LogP contribution in [0.15, 0.2) is 0 Å². The maximum atomic E-state index is 12.7. The molecule has 0 bridgehead atoms. The molecule has 3 nitrogen and oxygen atoms in total. The summed E-state index contributed by atoms with van der Waals surface area (Å²) < 4.78 is 43.6. The third kappa shape index (κ3) is 7.47. The summed E-state index contributed by atoms with van der Waals surface area (Å²) in [5, 5.41) is 3.39. The molecule has 0 spiro atoms. The number of ether oxygens (including phenoxy) is 1. The van der Waals surface area contributed by atoms with Crippen LogP contribution in [0.1, 0.15) is 39.5 Å². The molecule has 1 saturated heterocycles. The highest BCUT2D eigenvalue weighted by Gasteiger charge is 2.37. The second kappa shape index (κ2) is 8.96. The molecular formula is C15H29F3N2O. The molecule has 126 valence electrons. The molecule has 1 aliphatic heterocycles. The van der Waals surface area contributed by atoms with Crippen molar-refractivity contribution in [1.29, 1.82) is 0 Å². The first kappa shape index (κ1) is 18.7. The lowest BCUT2D eigenvalue weighted by atomic mass is 9.79. The Bertz CT molecular complexity index is 279. The Kier molecular flexibility index (Phi) is 7.98. The number of hydrogen-bond donors (Lipinski definition) is 1. The standard InChI is InChI=1S/C15H29F3N2O/c1-3-7-19-11-14(5-9-21-10-6-14)12-20(8-4-2)13-15(16,17)18/h19H,3-13H2,1-2H3. The number of rotatable bonds is 9. The van der Waals surface area contributed by atoms with E-state index in [1.54, 1.807) is 4.90 Å². The monoisotopic (exact) mass is 310 g/mol. The largest absolute Gasteiger partial charge is 0.401 e. The van der Waals surface area contributed by atoms with E-state index in [0.29, 0.717) is 26.3 Å². The highest BCUT2D eigenvalue weighted by molar-refractivity contribution is 4.87. The van der Waals surface area contributed by atoms with E-state index in [1.807, 2.05) is 6.92 Å². The number of nitrogens with one attached hydrogen (secondary N) is 1. The summed E-state index contributed by atoms with van der Waals surface area (Å²) in [6, 6.07) is 0. The maximum Gasteiger partial charge on any atom is 0.401 e. The minimum atomic E-state index is -4.13. The summed E-state index contributed by atoms with van der Waals surface area (Å²) in [7, 11) is 0. The molecule has 6 heteroatoms. The van der Waals surface area contributed by atoms with Crippen LogP contribution in [0.4, 0.5) is 13.2 Å². The van der Waals surface area contributed by atoms with Crippen LogP contribution in [-0.2, 0) is 4.74 Å². The van der Waals surface area contributed by atoms with E-state index in [1.165, 1.54) is 0 Å². The highest BCUT2D eigenvalue weighted by Crippen LogP contribution is 2.32. The Morgan fingerprint density at radius 1 is 1.14 bits per heavy atom. The lowest BCUT2D eigenvalue weighted by Gasteiger charge is -2.41. The Morgan fingerprint density at radius 2 is 1.81 bits per heavy atom. The number of nitrogens with zero attached hydrogens (tertiary/aromatic N) is 1. The zero-order valence-electron chi connectivity index (χ0n) is 13.3. The summed E-state index contributed by atoms with van der Waals surface area (Å²) in [5.74, 6) is 0. The predicted molar refractivity (Wildman–Crippen MR) is 78.4 cm³/mol. The molecule has 0 saturated carbocycles. The van der Waals surface area contributed by atoms with Gasteiger partial charge in [-0.05, 0) is 44.2 Å². The van der Waals surface area contributed by atoms with Crippen molar-refractivity contribution in [3.05, 3.63) is 0 Å². The van der Waals surface area contributed by atoms with Crippen LogP contribution in [0.2, 0.25) is 0 Å². The third-order valence-corrected chi connectivity index (χ3v) is 3.98. The van der Waals surface area contributed by atoms with E-state index < -0.39 is 12.7 Å². The van der Waals surface area contributed by atoms with Gasteiger partial charge in [-0.1, -0.05) is 13.8 Å². The van der Waals surface area contributed by atoms with Gasteiger partial charge < -0.3 is 10.1 Å². The molecule has 0 aliphatic carbocycles. The van der Waals surface area contributed by atoms with E-state index in [0.717, 1.165) is 38.8 Å². The molecule has 1 N–H and O–H groups in total. The van der Waals surface area contributed by atoms with E-state index in [9.17, 15) is 13.2 Å². The third-order valence-electron chi connectivity index (χ3n) is 3.98. The van der Waals surface area contributed by atoms with Crippen molar-refractivity contribution in [3.63, 3.8) is 0 Å². The fourth-order valence-electron chi connectivity index (χ4n) is 2.98. The van der Waals surface area contributed by atoms with Gasteiger partial charge in [-0.25, -0.2) is 0 Å². The summed E-state index contributed by atoms with van der Waals surface area (Å²) in [4.78, 5) is 1.57. The fourth-order valence-corrected chi connectivity index (χ4v) is 2.98. The molecule has 0 unspecified atom stereocenters. The van der Waals surface area contributed by atoms with Crippen molar-refractivity contribution < 1.29 is 17.9 Å². The van der Waals surface area contributed by atoms with Gasteiger partial charge in [-0.2, -0.15) is 13.2 Å². The van der Waals surface area contributed by atoms with Crippen molar-refractivity contribution in [2.75, 3.05) is 45.9 Å². The lowest BCUT2D eigenvalue weighted by molar-refractivity contribution is -0.151. The van der Waals surface area contributed by atoms with E-state index in [-0.39, 0.29) is 5.41 Å². The van der Waals surface area contributed by atoms with Crippen molar-refractivity contribution >= 4 is 0 Å². The van der Waals surface area contributed by atoms with Gasteiger partial charge >= 0.3 is 6.18 Å². The number of halogens is 3. The van der Waals surface area contributed by atoms with Crippen molar-refractivity contribution in [3.8, 4) is 0 Å². The molecule has 0 aromatic heterocycles. The Labute approximate surface area is 126 Å². The summed E-state index contributed by atoms with van der Waals surface area (Å²) in [6.07, 6.45) is -0.680. The van der Waals surface area contributed by atoms with Crippen LogP contribution in [0.5, 0.6) is 0 Å². The molecule has 1 aliphatic rings. The average molecular weight is 310 g/mol. The quantitative estimate of drug-likeness (QED) is 0.663. The lowest BCUT2D eigenvalue weighted by Crippen LogP contribution is -2.49. The summed E-state index contributed by atoms with van der Waals surface area (Å²) in [6.45, 7) is 7.21. The van der Waals surface area contributed by atoms with E-state index in [2.05, 4.69) is 12.2 Å². The Balaban J connectivity index is 2.66. The van der Waals surface area contributed by atoms with Gasteiger partial charge in [0.05, 0.1) is 6.54 Å². The van der Waals surface area contributed by atoms with Crippen molar-refractivity contribution in [2.45, 2.75) is 45.7 Å². The molecular weight excluding hydrogens is 281 g/mol. The van der Waals surface area contributed by atoms with Crippen LogP contribution in [0, 0.1) is 5.41 Å². The van der Waals surface area contributed by atoms with Gasteiger partial charge in [-0.3, -0.25) is 4.90 Å². The van der Waals surface area contributed by atoms with E-state index in [4.69, 9.17) is 4.74 Å². The predicted octanol–water partition coefficient (Wildman–Crippen LogP) is 3.06. The summed E-state index contributed by atoms with van der Waals surface area (Å²) in [5.41, 5.74) is -0.0894. The topological polar surface area (TPSA) is 24.5 Å². The van der Waals surface area contributed by atoms with Crippen molar-refractivity contribution in [1.82, 2.24) is 10.2 Å². The number of hydrogen-bond acceptors (Lipinski definition) is 3. The zero-order valence-corrected chi connectivity index (χ0v) is 13.3. The van der Waals surface area contributed by atoms with Gasteiger partial charge in [0.1, 0.15) is 0 Å². The van der Waals surface area contributed by atoms with Gasteiger partial charge in [0, 0.05) is 26.3 Å². The van der Waals surface area contributed by atoms with Gasteiger partial charge in [0.2, 0.25) is 0 Å². The van der Waals surface area contributed by atoms with Crippen LogP contribution < -0.4 is 5.32 Å². The Morgan fingerprint density at radius 3 is 2.33 bits per heavy atom. The minimum Gasteiger partial charge on any atom is -0.381 e. The zero-order chi connectivity index (χ0) is 15.8. The highest BCUT2D eigenvalue weighted by atomic mass is 19.4. The second-order valence-corrected chi connectivity index (χ2v) is 6.11. The van der Waals surface area contributed by atoms with Gasteiger partial charge in [0.15, 0.2) is 0 Å². The number of alkyl halides is 3. The smallest absolute Gasteiger partial charge is 0.381 e. The normalized spacial score (nSPS) is 19.1. The molecule has 0 amide bonds. The molecule has 1 rings (SSSR count). The van der Waals surface area contributed by atoms with Crippen LogP contribution in [0.25, 0.3) is 0 Å². The molecule has 0 aromatic carbocycles. The van der Waals surface area contributed by atoms with Gasteiger partial charge in [0.25, 0.3) is 0 Å². The fraction of sp³-hybridized carbons (Fsp3) is 1.00. The van der Waals surface area contributed by atoms with Crippen LogP contribution in [0.3, 0.4) is 0 Å². The van der Waals surface area contributed by atoms with Crippen molar-refractivity contribution in [2.24, 2.45) is 5.41 Å². The maximum absolute atomic E-state index is 12.7. The Hall–Kier alpha value is -0.330. The first-order valence-electron chi connectivity index (χ1n) is 7.98. The first-order valence-corrected chi connectivity index (χ1v) is 7.98. The van der Waals surface area contributed by atoms with Gasteiger partial charge in [-0.15, -0.1) is 0 Å². The molecule has 0 aromatic rings. The summed E-state index contributed by atoms with van der Waals surface area (Å²) >= 11 is 0. The minimum absolute atomic E-state index is 0.0894. The molecule has 0 atom stereocenters. The van der Waals surface area contributed by atoms with Crippen LogP contribution >= 0.6 is 0 Å². The van der Waals surface area contributed by atoms with E-state index >= 15 is 0 Å².